The highest BCUT2D eigenvalue weighted by Gasteiger charge is 2.42. The molecule has 0 spiro atoms. The van der Waals surface area contributed by atoms with Crippen LogP contribution in [0.15, 0.2) is 97.1 Å². The van der Waals surface area contributed by atoms with E-state index in [4.69, 9.17) is 0 Å². The molecule has 5 rings (SSSR count). The van der Waals surface area contributed by atoms with E-state index in [0.29, 0.717) is 0 Å². The third kappa shape index (κ3) is 3.59. The number of benzene rings is 4. The Hall–Kier alpha value is -2.77. The fraction of sp³-hybridized carbons (Fsp3) is 0.226. The molecular weight excluding hydrogens is 404 g/mol. The standard InChI is InChI=1S/C31H30S/c1-2-18-31(19-9-20-32)29-21-25(23-10-5-3-6-11-23)14-16-27(29)28-17-15-26(22-30(28)31)24-12-7-4-8-13-24/h3-8,10-17,21-22,32H,2,9,18-20H2,1H3. The van der Waals surface area contributed by atoms with Gasteiger partial charge in [0.2, 0.25) is 0 Å². The summed E-state index contributed by atoms with van der Waals surface area (Å²) < 4.78 is 0. The second kappa shape index (κ2) is 9.00. The SMILES string of the molecule is CCCC1(CCCS)c2cc(-c3ccccc3)ccc2-c2ccc(-c3ccccc3)cc21. The van der Waals surface area contributed by atoms with Crippen LogP contribution in [0.1, 0.15) is 43.7 Å². The average molecular weight is 435 g/mol. The monoisotopic (exact) mass is 434 g/mol. The molecule has 1 aliphatic carbocycles. The van der Waals surface area contributed by atoms with Gasteiger partial charge in [-0.3, -0.25) is 0 Å². The van der Waals surface area contributed by atoms with Gasteiger partial charge in [0.05, 0.1) is 0 Å². The molecule has 0 atom stereocenters. The molecule has 0 bridgehead atoms. The van der Waals surface area contributed by atoms with Crippen molar-refractivity contribution in [3.8, 4) is 33.4 Å². The van der Waals surface area contributed by atoms with Gasteiger partial charge in [0, 0.05) is 5.41 Å². The highest BCUT2D eigenvalue weighted by Crippen LogP contribution is 2.55. The smallest absolute Gasteiger partial charge is 0.0215 e. The zero-order chi connectivity index (χ0) is 22.0. The van der Waals surface area contributed by atoms with Gasteiger partial charge in [-0.1, -0.05) is 98.3 Å². The molecular formula is C31H30S. The van der Waals surface area contributed by atoms with Crippen molar-refractivity contribution in [3.05, 3.63) is 108 Å². The van der Waals surface area contributed by atoms with Gasteiger partial charge in [-0.25, -0.2) is 0 Å². The van der Waals surface area contributed by atoms with Crippen LogP contribution < -0.4 is 0 Å². The lowest BCUT2D eigenvalue weighted by molar-refractivity contribution is 0.437. The van der Waals surface area contributed by atoms with Crippen LogP contribution in [-0.4, -0.2) is 5.75 Å². The van der Waals surface area contributed by atoms with Gasteiger partial charge < -0.3 is 0 Å². The van der Waals surface area contributed by atoms with Crippen LogP contribution in [0.5, 0.6) is 0 Å². The van der Waals surface area contributed by atoms with Gasteiger partial charge in [0.25, 0.3) is 0 Å². The molecule has 4 aromatic carbocycles. The maximum absolute atomic E-state index is 4.59. The first-order valence-corrected chi connectivity index (χ1v) is 12.4. The Labute approximate surface area is 197 Å². The molecule has 0 fully saturated rings. The van der Waals surface area contributed by atoms with E-state index in [9.17, 15) is 0 Å². The van der Waals surface area contributed by atoms with Crippen LogP contribution in [-0.2, 0) is 5.41 Å². The third-order valence-electron chi connectivity index (χ3n) is 7.01. The topological polar surface area (TPSA) is 0 Å². The third-order valence-corrected chi connectivity index (χ3v) is 7.33. The Kier molecular flexibility index (Phi) is 5.93. The Bertz CT molecular complexity index is 1120. The van der Waals surface area contributed by atoms with Crippen molar-refractivity contribution >= 4 is 12.6 Å². The van der Waals surface area contributed by atoms with Crippen molar-refractivity contribution < 1.29 is 0 Å². The lowest BCUT2D eigenvalue weighted by Crippen LogP contribution is -2.25. The molecule has 0 amide bonds. The lowest BCUT2D eigenvalue weighted by Gasteiger charge is -2.33. The highest BCUT2D eigenvalue weighted by molar-refractivity contribution is 7.80. The summed E-state index contributed by atoms with van der Waals surface area (Å²) in [6.07, 6.45) is 4.59. The largest absolute Gasteiger partial charge is 0.179 e. The molecule has 1 heteroatoms. The summed E-state index contributed by atoms with van der Waals surface area (Å²) in [6.45, 7) is 2.32. The fourth-order valence-electron chi connectivity index (χ4n) is 5.59. The minimum atomic E-state index is 0.0533. The maximum atomic E-state index is 4.59. The van der Waals surface area contributed by atoms with E-state index in [1.54, 1.807) is 0 Å². The summed E-state index contributed by atoms with van der Waals surface area (Å²) in [4.78, 5) is 0. The number of hydrogen-bond acceptors (Lipinski definition) is 1. The first-order valence-electron chi connectivity index (χ1n) is 11.8. The van der Waals surface area contributed by atoms with Crippen molar-refractivity contribution in [3.63, 3.8) is 0 Å². The second-order valence-electron chi connectivity index (χ2n) is 8.91. The van der Waals surface area contributed by atoms with E-state index in [1.807, 2.05) is 0 Å². The van der Waals surface area contributed by atoms with Gasteiger partial charge in [-0.2, -0.15) is 12.6 Å². The molecule has 0 radical (unpaired) electrons. The molecule has 0 nitrogen and oxygen atoms in total. The number of hydrogen-bond donors (Lipinski definition) is 1. The fourth-order valence-corrected chi connectivity index (χ4v) is 5.74. The zero-order valence-corrected chi connectivity index (χ0v) is 19.6. The zero-order valence-electron chi connectivity index (χ0n) is 18.7. The molecule has 0 saturated carbocycles. The number of fused-ring (bicyclic) bond motifs is 3. The molecule has 0 aliphatic heterocycles. The highest BCUT2D eigenvalue weighted by atomic mass is 32.1. The molecule has 32 heavy (non-hydrogen) atoms. The van der Waals surface area contributed by atoms with E-state index in [1.165, 1.54) is 44.5 Å². The minimum absolute atomic E-state index is 0.0533. The van der Waals surface area contributed by atoms with Crippen LogP contribution in [0, 0.1) is 0 Å². The number of rotatable bonds is 7. The summed E-state index contributed by atoms with van der Waals surface area (Å²) in [5.74, 6) is 0.923. The van der Waals surface area contributed by atoms with Crippen molar-refractivity contribution in [1.29, 1.82) is 0 Å². The van der Waals surface area contributed by atoms with Gasteiger partial charge >= 0.3 is 0 Å². The Balaban J connectivity index is 1.71. The van der Waals surface area contributed by atoms with Crippen LogP contribution >= 0.6 is 12.6 Å². The normalized spacial score (nSPS) is 13.6. The van der Waals surface area contributed by atoms with Gasteiger partial charge in [-0.15, -0.1) is 0 Å². The molecule has 160 valence electrons. The molecule has 0 heterocycles. The van der Waals surface area contributed by atoms with E-state index in [2.05, 4.69) is 117 Å². The van der Waals surface area contributed by atoms with Gasteiger partial charge in [0.15, 0.2) is 0 Å². The summed E-state index contributed by atoms with van der Waals surface area (Å²) in [7, 11) is 0. The Morgan fingerprint density at radius 2 is 1.09 bits per heavy atom. The lowest BCUT2D eigenvalue weighted by atomic mass is 9.71. The Morgan fingerprint density at radius 1 is 0.594 bits per heavy atom. The van der Waals surface area contributed by atoms with Crippen LogP contribution in [0.4, 0.5) is 0 Å². The average Bonchev–Trinajstić information content (AvgIpc) is 3.13. The molecule has 0 unspecified atom stereocenters. The molecule has 0 N–H and O–H groups in total. The first kappa shape index (κ1) is 21.1. The van der Waals surface area contributed by atoms with Crippen molar-refractivity contribution in [2.45, 2.75) is 38.0 Å². The first-order chi connectivity index (χ1) is 15.8. The van der Waals surface area contributed by atoms with E-state index in [0.717, 1.165) is 31.4 Å². The summed E-state index contributed by atoms with van der Waals surface area (Å²) >= 11 is 4.59. The van der Waals surface area contributed by atoms with Gasteiger partial charge in [-0.05, 0) is 81.7 Å². The van der Waals surface area contributed by atoms with Crippen LogP contribution in [0.3, 0.4) is 0 Å². The predicted octanol–water partition coefficient (Wildman–Crippen LogP) is 8.80. The van der Waals surface area contributed by atoms with Gasteiger partial charge in [0.1, 0.15) is 0 Å². The number of thiol groups is 1. The molecule has 0 aromatic heterocycles. The van der Waals surface area contributed by atoms with E-state index >= 15 is 0 Å². The molecule has 4 aromatic rings. The van der Waals surface area contributed by atoms with Crippen LogP contribution in [0.2, 0.25) is 0 Å². The quantitative estimate of drug-likeness (QED) is 0.276. The Morgan fingerprint density at radius 3 is 1.53 bits per heavy atom. The predicted molar refractivity (Wildman–Crippen MR) is 142 cm³/mol. The van der Waals surface area contributed by atoms with Crippen molar-refractivity contribution in [1.82, 2.24) is 0 Å². The van der Waals surface area contributed by atoms with E-state index < -0.39 is 0 Å². The summed E-state index contributed by atoms with van der Waals surface area (Å²) in [5, 5.41) is 0. The molecule has 1 aliphatic rings. The summed E-state index contributed by atoms with van der Waals surface area (Å²) in [6, 6.07) is 35.8. The van der Waals surface area contributed by atoms with Crippen LogP contribution in [0.25, 0.3) is 33.4 Å². The minimum Gasteiger partial charge on any atom is -0.179 e. The summed E-state index contributed by atoms with van der Waals surface area (Å²) in [5.41, 5.74) is 11.1. The van der Waals surface area contributed by atoms with E-state index in [-0.39, 0.29) is 5.41 Å². The molecule has 0 saturated heterocycles. The van der Waals surface area contributed by atoms with Crippen molar-refractivity contribution in [2.75, 3.05) is 5.75 Å². The second-order valence-corrected chi connectivity index (χ2v) is 9.36. The van der Waals surface area contributed by atoms with Crippen molar-refractivity contribution in [2.24, 2.45) is 0 Å². The maximum Gasteiger partial charge on any atom is 0.0215 e.